The molecule has 2 aromatic heterocycles. The van der Waals surface area contributed by atoms with Crippen LogP contribution in [-0.4, -0.2) is 19.6 Å². The predicted octanol–water partition coefficient (Wildman–Crippen LogP) is 2.59. The first-order valence-corrected chi connectivity index (χ1v) is 7.11. The van der Waals surface area contributed by atoms with E-state index in [2.05, 4.69) is 10.2 Å². The van der Waals surface area contributed by atoms with Gasteiger partial charge in [0.1, 0.15) is 11.0 Å². The van der Waals surface area contributed by atoms with Gasteiger partial charge in [-0.15, -0.1) is 0 Å². The van der Waals surface area contributed by atoms with Crippen LogP contribution in [0.5, 0.6) is 0 Å². The quantitative estimate of drug-likeness (QED) is 0.485. The summed E-state index contributed by atoms with van der Waals surface area (Å²) in [5, 5.41) is 9.27. The average Bonchev–Trinajstić information content (AvgIpc) is 3.07. The molecule has 0 amide bonds. The van der Waals surface area contributed by atoms with Crippen molar-refractivity contribution in [2.45, 2.75) is 0 Å². The Labute approximate surface area is 136 Å². The summed E-state index contributed by atoms with van der Waals surface area (Å²) in [7, 11) is 3.48. The van der Waals surface area contributed by atoms with Crippen molar-refractivity contribution in [1.29, 1.82) is 0 Å². The molecule has 24 heavy (non-hydrogen) atoms. The highest BCUT2D eigenvalue weighted by Crippen LogP contribution is 2.21. The van der Waals surface area contributed by atoms with Gasteiger partial charge in [0.25, 0.3) is 0 Å². The lowest BCUT2D eigenvalue weighted by Gasteiger charge is -1.93. The number of aryl methyl sites for hydroxylation is 2. The van der Waals surface area contributed by atoms with Crippen LogP contribution in [0.1, 0.15) is 0 Å². The molecule has 124 valence electrons. The lowest BCUT2D eigenvalue weighted by molar-refractivity contribution is 0.632. The van der Waals surface area contributed by atoms with Gasteiger partial charge in [-0.1, -0.05) is 0 Å². The van der Waals surface area contributed by atoms with E-state index >= 15 is 0 Å². The van der Waals surface area contributed by atoms with Crippen LogP contribution < -0.4 is 11.5 Å². The molecule has 2 aromatic carbocycles. The standard InChI is InChI=1S/2C8H8FN3/c1-12-4-5-2-6(10)3-7(9)8(5)11-12;1-12-4-5-7(10)3-2-6(9)8(5)11-12/h2*2-4H,10H2,1H3. The average molecular weight is 330 g/mol. The molecule has 2 heterocycles. The molecule has 0 spiro atoms. The number of benzene rings is 2. The summed E-state index contributed by atoms with van der Waals surface area (Å²) in [5.41, 5.74) is 12.8. The summed E-state index contributed by atoms with van der Waals surface area (Å²) in [4.78, 5) is 0. The summed E-state index contributed by atoms with van der Waals surface area (Å²) >= 11 is 0. The largest absolute Gasteiger partial charge is 0.399 e. The van der Waals surface area contributed by atoms with E-state index in [0.717, 1.165) is 5.39 Å². The lowest BCUT2D eigenvalue weighted by Crippen LogP contribution is -1.88. The molecule has 0 saturated carbocycles. The van der Waals surface area contributed by atoms with E-state index in [1.807, 2.05) is 0 Å². The molecule has 4 rings (SSSR count). The Hall–Kier alpha value is -3.16. The van der Waals surface area contributed by atoms with E-state index in [4.69, 9.17) is 11.5 Å². The number of hydrogen-bond acceptors (Lipinski definition) is 4. The van der Waals surface area contributed by atoms with E-state index in [9.17, 15) is 8.78 Å². The van der Waals surface area contributed by atoms with Gasteiger partial charge >= 0.3 is 0 Å². The number of rotatable bonds is 0. The van der Waals surface area contributed by atoms with E-state index in [0.29, 0.717) is 27.8 Å². The first-order valence-electron chi connectivity index (χ1n) is 7.11. The fourth-order valence-corrected chi connectivity index (χ4v) is 2.44. The molecule has 0 unspecified atom stereocenters. The van der Waals surface area contributed by atoms with Gasteiger partial charge in [0.2, 0.25) is 0 Å². The highest BCUT2D eigenvalue weighted by Gasteiger charge is 2.07. The van der Waals surface area contributed by atoms with E-state index in [1.165, 1.54) is 12.1 Å². The van der Waals surface area contributed by atoms with Gasteiger partial charge in [-0.3, -0.25) is 9.36 Å². The van der Waals surface area contributed by atoms with Crippen molar-refractivity contribution in [3.05, 3.63) is 48.3 Å². The smallest absolute Gasteiger partial charge is 0.153 e. The predicted molar refractivity (Wildman–Crippen MR) is 90.2 cm³/mol. The zero-order chi connectivity index (χ0) is 17.4. The SMILES string of the molecule is Cn1cc2c(N)ccc(F)c2n1.Cn1cc2cc(N)cc(F)c2n1. The van der Waals surface area contributed by atoms with Crippen LogP contribution in [0.2, 0.25) is 0 Å². The van der Waals surface area contributed by atoms with Crippen molar-refractivity contribution < 1.29 is 8.78 Å². The molecule has 0 bridgehead atoms. The Balaban J connectivity index is 0.000000141. The van der Waals surface area contributed by atoms with Gasteiger partial charge in [0, 0.05) is 48.6 Å². The number of aromatic nitrogens is 4. The molecule has 0 saturated heterocycles. The van der Waals surface area contributed by atoms with Crippen molar-refractivity contribution in [1.82, 2.24) is 19.6 Å². The number of halogens is 2. The molecular formula is C16H16F2N6. The first-order chi connectivity index (χ1) is 11.3. The number of nitrogens with two attached hydrogens (primary N) is 2. The molecule has 6 nitrogen and oxygen atoms in total. The van der Waals surface area contributed by atoms with Gasteiger partial charge in [0.15, 0.2) is 11.6 Å². The van der Waals surface area contributed by atoms with Crippen LogP contribution in [0, 0.1) is 11.6 Å². The second-order valence-corrected chi connectivity index (χ2v) is 5.44. The summed E-state index contributed by atoms with van der Waals surface area (Å²) in [6.45, 7) is 0. The molecule has 0 aliphatic rings. The molecule has 8 heteroatoms. The number of nitrogens with zero attached hydrogens (tertiary/aromatic N) is 4. The third-order valence-electron chi connectivity index (χ3n) is 3.47. The Morgan fingerprint density at radius 3 is 2.25 bits per heavy atom. The first kappa shape index (κ1) is 15.7. The molecule has 0 aliphatic heterocycles. The van der Waals surface area contributed by atoms with Crippen molar-refractivity contribution in [2.24, 2.45) is 14.1 Å². The van der Waals surface area contributed by atoms with Gasteiger partial charge in [-0.05, 0) is 24.3 Å². The Kier molecular flexibility index (Phi) is 3.80. The number of fused-ring (bicyclic) bond motifs is 2. The second kappa shape index (κ2) is 5.80. The zero-order valence-electron chi connectivity index (χ0n) is 13.2. The minimum absolute atomic E-state index is 0.331. The van der Waals surface area contributed by atoms with Crippen LogP contribution in [0.25, 0.3) is 21.8 Å². The van der Waals surface area contributed by atoms with Crippen molar-refractivity contribution in [2.75, 3.05) is 11.5 Å². The maximum absolute atomic E-state index is 13.1. The van der Waals surface area contributed by atoms with E-state index in [1.54, 1.807) is 48.0 Å². The number of hydrogen-bond donors (Lipinski definition) is 2. The minimum atomic E-state index is -0.370. The molecule has 4 aromatic rings. The molecule has 0 fully saturated rings. The highest BCUT2D eigenvalue weighted by atomic mass is 19.1. The third-order valence-corrected chi connectivity index (χ3v) is 3.47. The van der Waals surface area contributed by atoms with Crippen LogP contribution in [0.4, 0.5) is 20.2 Å². The van der Waals surface area contributed by atoms with Gasteiger partial charge in [-0.25, -0.2) is 8.78 Å². The minimum Gasteiger partial charge on any atom is -0.399 e. The molecule has 0 atom stereocenters. The summed E-state index contributed by atoms with van der Waals surface area (Å²) in [6, 6.07) is 5.84. The number of nitrogen functional groups attached to an aromatic ring is 2. The Bertz CT molecular complexity index is 995. The lowest BCUT2D eigenvalue weighted by atomic mass is 10.2. The third kappa shape index (κ3) is 2.85. The van der Waals surface area contributed by atoms with Crippen LogP contribution in [0.15, 0.2) is 36.7 Å². The van der Waals surface area contributed by atoms with E-state index < -0.39 is 0 Å². The van der Waals surface area contributed by atoms with Crippen LogP contribution >= 0.6 is 0 Å². The van der Waals surface area contributed by atoms with Crippen molar-refractivity contribution in [3.63, 3.8) is 0 Å². The van der Waals surface area contributed by atoms with Gasteiger partial charge in [0.05, 0.1) is 0 Å². The molecule has 0 radical (unpaired) electrons. The maximum atomic E-state index is 13.1. The monoisotopic (exact) mass is 330 g/mol. The summed E-state index contributed by atoms with van der Waals surface area (Å²) < 4.78 is 29.3. The topological polar surface area (TPSA) is 87.7 Å². The van der Waals surface area contributed by atoms with Gasteiger partial charge in [-0.2, -0.15) is 10.2 Å². The van der Waals surface area contributed by atoms with Crippen molar-refractivity contribution in [3.8, 4) is 0 Å². The van der Waals surface area contributed by atoms with Crippen molar-refractivity contribution >= 4 is 33.2 Å². The fraction of sp³-hybridized carbons (Fsp3) is 0.125. The zero-order valence-corrected chi connectivity index (χ0v) is 13.2. The molecular weight excluding hydrogens is 314 g/mol. The summed E-state index contributed by atoms with van der Waals surface area (Å²) in [6.07, 6.45) is 3.43. The number of anilines is 2. The highest BCUT2D eigenvalue weighted by molar-refractivity contribution is 5.90. The van der Waals surface area contributed by atoms with Gasteiger partial charge < -0.3 is 11.5 Å². The second-order valence-electron chi connectivity index (χ2n) is 5.44. The summed E-state index contributed by atoms with van der Waals surface area (Å²) in [5.74, 6) is -0.703. The fourth-order valence-electron chi connectivity index (χ4n) is 2.44. The molecule has 0 aliphatic carbocycles. The Morgan fingerprint density at radius 1 is 0.875 bits per heavy atom. The van der Waals surface area contributed by atoms with Crippen LogP contribution in [0.3, 0.4) is 0 Å². The maximum Gasteiger partial charge on any atom is 0.153 e. The van der Waals surface area contributed by atoms with E-state index in [-0.39, 0.29) is 11.6 Å². The van der Waals surface area contributed by atoms with Crippen LogP contribution in [-0.2, 0) is 14.1 Å². The Morgan fingerprint density at radius 2 is 1.54 bits per heavy atom. The molecule has 4 N–H and O–H groups in total. The normalized spacial score (nSPS) is 10.8.